The van der Waals surface area contributed by atoms with Gasteiger partial charge in [-0.3, -0.25) is 0 Å². The molecule has 1 N–H and O–H groups in total. The van der Waals surface area contributed by atoms with Crippen molar-refractivity contribution in [3.63, 3.8) is 0 Å². The molecule has 1 aliphatic heterocycles. The zero-order chi connectivity index (χ0) is 14.7. The molecule has 2 aliphatic rings. The molecule has 2 atom stereocenters. The number of rotatable bonds is 4. The maximum atomic E-state index is 5.79. The minimum Gasteiger partial charge on any atom is -0.381 e. The number of nitrogens with zero attached hydrogens (tertiary/aromatic N) is 2. The van der Waals surface area contributed by atoms with Crippen LogP contribution < -0.4 is 5.32 Å². The van der Waals surface area contributed by atoms with E-state index in [9.17, 15) is 0 Å². The Morgan fingerprint density at radius 2 is 2.10 bits per heavy atom. The molecule has 118 valence electrons. The second kappa shape index (κ2) is 6.42. The number of ether oxygens (including phenoxy) is 2. The minimum absolute atomic E-state index is 0.127. The van der Waals surface area contributed by atoms with E-state index in [0.717, 1.165) is 38.7 Å². The molecule has 0 bridgehead atoms. The van der Waals surface area contributed by atoms with Crippen molar-refractivity contribution in [1.29, 1.82) is 0 Å². The van der Waals surface area contributed by atoms with Crippen molar-refractivity contribution < 1.29 is 14.0 Å². The molecule has 1 saturated heterocycles. The Morgan fingerprint density at radius 1 is 1.29 bits per heavy atom. The fourth-order valence-corrected chi connectivity index (χ4v) is 3.54. The summed E-state index contributed by atoms with van der Waals surface area (Å²) in [6.07, 6.45) is 6.48. The highest BCUT2D eigenvalue weighted by atomic mass is 16.5. The number of hydrogen-bond donors (Lipinski definition) is 1. The van der Waals surface area contributed by atoms with Gasteiger partial charge in [-0.15, -0.1) is 0 Å². The van der Waals surface area contributed by atoms with Crippen LogP contribution in [0.5, 0.6) is 0 Å². The Morgan fingerprint density at radius 3 is 2.81 bits per heavy atom. The molecule has 1 aromatic heterocycles. The molecule has 6 nitrogen and oxygen atoms in total. The quantitative estimate of drug-likeness (QED) is 0.916. The van der Waals surface area contributed by atoms with Gasteiger partial charge in [-0.05, 0) is 26.3 Å². The van der Waals surface area contributed by atoms with E-state index in [0.29, 0.717) is 24.4 Å². The Hall–Kier alpha value is -0.980. The second-order valence-corrected chi connectivity index (χ2v) is 6.08. The van der Waals surface area contributed by atoms with Gasteiger partial charge < -0.3 is 19.3 Å². The summed E-state index contributed by atoms with van der Waals surface area (Å²) in [5.74, 6) is 1.51. The lowest BCUT2D eigenvalue weighted by Crippen LogP contribution is -2.39. The lowest BCUT2D eigenvalue weighted by Gasteiger charge is -2.32. The van der Waals surface area contributed by atoms with Gasteiger partial charge in [-0.2, -0.15) is 4.98 Å². The molecule has 3 rings (SSSR count). The largest absolute Gasteiger partial charge is 0.381 e. The highest BCUT2D eigenvalue weighted by molar-refractivity contribution is 5.07. The predicted octanol–water partition coefficient (Wildman–Crippen LogP) is 1.97. The van der Waals surface area contributed by atoms with E-state index in [1.165, 1.54) is 6.42 Å². The van der Waals surface area contributed by atoms with Crippen LogP contribution in [0.25, 0.3) is 0 Å². The highest BCUT2D eigenvalue weighted by Crippen LogP contribution is 2.39. The third kappa shape index (κ3) is 2.84. The first kappa shape index (κ1) is 14.9. The van der Waals surface area contributed by atoms with Crippen LogP contribution in [0.2, 0.25) is 0 Å². The SMILES string of the molecule is CNC1CCOCC1c1nc(C2(OC)CCCCC2)no1. The monoisotopic (exact) mass is 295 g/mol. The Balaban J connectivity index is 1.81. The van der Waals surface area contributed by atoms with Gasteiger partial charge in [0.05, 0.1) is 12.5 Å². The van der Waals surface area contributed by atoms with Crippen molar-refractivity contribution in [2.45, 2.75) is 56.1 Å². The first-order valence-corrected chi connectivity index (χ1v) is 7.93. The van der Waals surface area contributed by atoms with Crippen LogP contribution in [-0.2, 0) is 15.1 Å². The Kier molecular flexibility index (Phi) is 4.57. The van der Waals surface area contributed by atoms with E-state index < -0.39 is 0 Å². The fourth-order valence-electron chi connectivity index (χ4n) is 3.54. The van der Waals surface area contributed by atoms with E-state index in [-0.39, 0.29) is 11.5 Å². The standard InChI is InChI=1S/C15H25N3O3/c1-16-12-6-9-20-10-11(12)13-17-14(18-21-13)15(19-2)7-4-3-5-8-15/h11-12,16H,3-10H2,1-2H3. The summed E-state index contributed by atoms with van der Waals surface area (Å²) in [7, 11) is 3.72. The lowest BCUT2D eigenvalue weighted by atomic mass is 9.84. The minimum atomic E-state index is -0.356. The van der Waals surface area contributed by atoms with Gasteiger partial charge in [-0.25, -0.2) is 0 Å². The van der Waals surface area contributed by atoms with Gasteiger partial charge in [-0.1, -0.05) is 24.4 Å². The molecular weight excluding hydrogens is 270 g/mol. The van der Waals surface area contributed by atoms with E-state index >= 15 is 0 Å². The predicted molar refractivity (Wildman–Crippen MR) is 77.1 cm³/mol. The Labute approximate surface area is 125 Å². The molecule has 21 heavy (non-hydrogen) atoms. The molecule has 0 aromatic carbocycles. The van der Waals surface area contributed by atoms with E-state index in [2.05, 4.69) is 15.5 Å². The number of aromatic nitrogens is 2. The molecule has 1 aliphatic carbocycles. The van der Waals surface area contributed by atoms with Gasteiger partial charge in [0.15, 0.2) is 0 Å². The summed E-state index contributed by atoms with van der Waals surface area (Å²) < 4.78 is 16.9. The van der Waals surface area contributed by atoms with Gasteiger partial charge in [0.2, 0.25) is 11.7 Å². The first-order valence-electron chi connectivity index (χ1n) is 7.93. The molecule has 2 unspecified atom stereocenters. The van der Waals surface area contributed by atoms with Gasteiger partial charge in [0.25, 0.3) is 0 Å². The van der Waals surface area contributed by atoms with Crippen LogP contribution in [0, 0.1) is 0 Å². The van der Waals surface area contributed by atoms with Crippen LogP contribution in [0.15, 0.2) is 4.52 Å². The first-order chi connectivity index (χ1) is 10.3. The molecule has 2 heterocycles. The second-order valence-electron chi connectivity index (χ2n) is 6.08. The summed E-state index contributed by atoms with van der Waals surface area (Å²) in [5, 5.41) is 7.56. The van der Waals surface area contributed by atoms with E-state index in [1.807, 2.05) is 7.05 Å². The maximum Gasteiger partial charge on any atom is 0.233 e. The van der Waals surface area contributed by atoms with Crippen molar-refractivity contribution in [3.05, 3.63) is 11.7 Å². The molecule has 2 fully saturated rings. The highest BCUT2D eigenvalue weighted by Gasteiger charge is 2.40. The molecule has 6 heteroatoms. The lowest BCUT2D eigenvalue weighted by molar-refractivity contribution is -0.0527. The third-order valence-corrected chi connectivity index (χ3v) is 4.95. The molecule has 0 spiro atoms. The summed E-state index contributed by atoms with van der Waals surface area (Å²) in [6, 6.07) is 0.330. The summed E-state index contributed by atoms with van der Waals surface area (Å²) in [4.78, 5) is 4.68. The normalized spacial score (nSPS) is 29.4. The van der Waals surface area contributed by atoms with Crippen molar-refractivity contribution >= 4 is 0 Å². The van der Waals surface area contributed by atoms with E-state index in [1.54, 1.807) is 7.11 Å². The summed E-state index contributed by atoms with van der Waals surface area (Å²) >= 11 is 0. The maximum absolute atomic E-state index is 5.79. The third-order valence-electron chi connectivity index (χ3n) is 4.95. The van der Waals surface area contributed by atoms with Crippen LogP contribution in [-0.4, -0.2) is 43.6 Å². The molecule has 1 saturated carbocycles. The number of nitrogens with one attached hydrogen (secondary N) is 1. The number of methoxy groups -OCH3 is 1. The molecule has 0 amide bonds. The van der Waals surface area contributed by atoms with Crippen LogP contribution in [0.4, 0.5) is 0 Å². The van der Waals surface area contributed by atoms with Gasteiger partial charge >= 0.3 is 0 Å². The summed E-state index contributed by atoms with van der Waals surface area (Å²) in [5.41, 5.74) is -0.356. The van der Waals surface area contributed by atoms with Crippen LogP contribution in [0.1, 0.15) is 56.2 Å². The average Bonchev–Trinajstić information content (AvgIpc) is 3.06. The molecular formula is C15H25N3O3. The van der Waals surface area contributed by atoms with Crippen LogP contribution in [0.3, 0.4) is 0 Å². The van der Waals surface area contributed by atoms with Crippen molar-refractivity contribution in [3.8, 4) is 0 Å². The molecule has 0 radical (unpaired) electrons. The van der Waals surface area contributed by atoms with Crippen LogP contribution >= 0.6 is 0 Å². The topological polar surface area (TPSA) is 69.4 Å². The van der Waals surface area contributed by atoms with Gasteiger partial charge in [0, 0.05) is 19.8 Å². The average molecular weight is 295 g/mol. The zero-order valence-electron chi connectivity index (χ0n) is 12.9. The van der Waals surface area contributed by atoms with E-state index in [4.69, 9.17) is 14.0 Å². The smallest absolute Gasteiger partial charge is 0.233 e. The zero-order valence-corrected chi connectivity index (χ0v) is 12.9. The van der Waals surface area contributed by atoms with Crippen molar-refractivity contribution in [1.82, 2.24) is 15.5 Å². The van der Waals surface area contributed by atoms with Crippen molar-refractivity contribution in [2.24, 2.45) is 0 Å². The van der Waals surface area contributed by atoms with Crippen molar-refractivity contribution in [2.75, 3.05) is 27.4 Å². The number of hydrogen-bond acceptors (Lipinski definition) is 6. The fraction of sp³-hybridized carbons (Fsp3) is 0.867. The number of likely N-dealkylation sites (N-methyl/N-ethyl adjacent to an activating group) is 1. The Bertz CT molecular complexity index is 457. The summed E-state index contributed by atoms with van der Waals surface area (Å²) in [6.45, 7) is 1.41. The molecule has 1 aromatic rings. The van der Waals surface area contributed by atoms with Gasteiger partial charge in [0.1, 0.15) is 5.60 Å².